The molecular formula is C7H9ClN4. The molecule has 1 aromatic rings. The average Bonchev–Trinajstić information content (AvgIpc) is 2.03. The summed E-state index contributed by atoms with van der Waals surface area (Å²) in [5, 5.41) is 3.37. The number of nitrogens with one attached hydrogen (secondary N) is 1. The number of aromatic nitrogens is 2. The van der Waals surface area contributed by atoms with Crippen molar-refractivity contribution in [2.24, 2.45) is 0 Å². The highest BCUT2D eigenvalue weighted by molar-refractivity contribution is 6.29. The number of hydrogen-bond donors (Lipinski definition) is 2. The second kappa shape index (κ2) is 3.92. The summed E-state index contributed by atoms with van der Waals surface area (Å²) in [4.78, 5) is 7.81. The molecule has 3 N–H and O–H groups in total. The van der Waals surface area contributed by atoms with Crippen LogP contribution in [0.4, 0.5) is 11.6 Å². The first-order valence-corrected chi connectivity index (χ1v) is 3.71. The smallest absolute Gasteiger partial charge is 0.223 e. The largest absolute Gasteiger partial charge is 0.396 e. The third-order valence-corrected chi connectivity index (χ3v) is 1.24. The van der Waals surface area contributed by atoms with Crippen LogP contribution in [0.2, 0.25) is 0 Å². The molecule has 1 heterocycles. The molecule has 0 radical (unpaired) electrons. The Morgan fingerprint density at radius 1 is 1.58 bits per heavy atom. The zero-order chi connectivity index (χ0) is 8.97. The van der Waals surface area contributed by atoms with Crippen LogP contribution in [-0.4, -0.2) is 16.5 Å². The van der Waals surface area contributed by atoms with E-state index in [1.807, 2.05) is 0 Å². The maximum atomic E-state index is 5.52. The van der Waals surface area contributed by atoms with Gasteiger partial charge >= 0.3 is 0 Å². The summed E-state index contributed by atoms with van der Waals surface area (Å²) in [6, 6.07) is 0. The van der Waals surface area contributed by atoms with E-state index in [1.165, 1.54) is 12.4 Å². The fraction of sp³-hybridized carbons (Fsp3) is 0.143. The van der Waals surface area contributed by atoms with Crippen molar-refractivity contribution in [2.75, 3.05) is 17.6 Å². The van der Waals surface area contributed by atoms with E-state index in [-0.39, 0.29) is 0 Å². The van der Waals surface area contributed by atoms with Crippen molar-refractivity contribution in [2.45, 2.75) is 0 Å². The monoisotopic (exact) mass is 184 g/mol. The fourth-order valence-corrected chi connectivity index (χ4v) is 0.671. The Balaban J connectivity index is 2.53. The number of anilines is 2. The summed E-state index contributed by atoms with van der Waals surface area (Å²) in [6.45, 7) is 3.96. The molecule has 0 aliphatic carbocycles. The van der Waals surface area contributed by atoms with Gasteiger partial charge in [-0.1, -0.05) is 18.2 Å². The van der Waals surface area contributed by atoms with Crippen LogP contribution >= 0.6 is 11.6 Å². The Labute approximate surface area is 75.5 Å². The van der Waals surface area contributed by atoms with E-state index < -0.39 is 0 Å². The van der Waals surface area contributed by atoms with Gasteiger partial charge in [-0.3, -0.25) is 0 Å². The van der Waals surface area contributed by atoms with Crippen molar-refractivity contribution in [3.05, 3.63) is 24.0 Å². The first kappa shape index (κ1) is 8.80. The summed E-state index contributed by atoms with van der Waals surface area (Å²) >= 11 is 5.52. The SMILES string of the molecule is C=C(Cl)CNc1ncc(N)cn1. The van der Waals surface area contributed by atoms with E-state index in [2.05, 4.69) is 21.9 Å². The van der Waals surface area contributed by atoms with Gasteiger partial charge in [0.1, 0.15) is 0 Å². The Hall–Kier alpha value is -1.29. The number of nitrogens with zero attached hydrogens (tertiary/aromatic N) is 2. The Morgan fingerprint density at radius 3 is 2.67 bits per heavy atom. The first-order chi connectivity index (χ1) is 5.68. The lowest BCUT2D eigenvalue weighted by Gasteiger charge is -2.01. The van der Waals surface area contributed by atoms with E-state index in [1.54, 1.807) is 0 Å². The number of rotatable bonds is 3. The predicted octanol–water partition coefficient (Wildman–Crippen LogP) is 1.22. The fourth-order valence-electron chi connectivity index (χ4n) is 0.604. The van der Waals surface area contributed by atoms with Crippen LogP contribution in [0, 0.1) is 0 Å². The van der Waals surface area contributed by atoms with Crippen molar-refractivity contribution < 1.29 is 0 Å². The summed E-state index contributed by atoms with van der Waals surface area (Å²) in [5.74, 6) is 0.492. The zero-order valence-electron chi connectivity index (χ0n) is 6.42. The van der Waals surface area contributed by atoms with E-state index in [4.69, 9.17) is 17.3 Å². The van der Waals surface area contributed by atoms with Crippen molar-refractivity contribution >= 4 is 23.2 Å². The van der Waals surface area contributed by atoms with E-state index in [0.29, 0.717) is 23.2 Å². The van der Waals surface area contributed by atoms with Crippen LogP contribution in [0.15, 0.2) is 24.0 Å². The lowest BCUT2D eigenvalue weighted by atomic mass is 10.5. The molecule has 4 nitrogen and oxygen atoms in total. The third kappa shape index (κ3) is 2.75. The molecule has 64 valence electrons. The van der Waals surface area contributed by atoms with Crippen LogP contribution in [0.1, 0.15) is 0 Å². The van der Waals surface area contributed by atoms with E-state index in [9.17, 15) is 0 Å². The molecule has 0 saturated carbocycles. The van der Waals surface area contributed by atoms with Crippen LogP contribution in [0.5, 0.6) is 0 Å². The van der Waals surface area contributed by atoms with Crippen molar-refractivity contribution in [3.63, 3.8) is 0 Å². The van der Waals surface area contributed by atoms with Gasteiger partial charge in [-0.05, 0) is 0 Å². The highest BCUT2D eigenvalue weighted by atomic mass is 35.5. The van der Waals surface area contributed by atoms with Gasteiger partial charge in [-0.2, -0.15) is 0 Å². The summed E-state index contributed by atoms with van der Waals surface area (Å²) in [6.07, 6.45) is 3.04. The van der Waals surface area contributed by atoms with Gasteiger partial charge < -0.3 is 11.1 Å². The van der Waals surface area contributed by atoms with Crippen molar-refractivity contribution in [3.8, 4) is 0 Å². The molecular weight excluding hydrogens is 176 g/mol. The first-order valence-electron chi connectivity index (χ1n) is 3.33. The number of halogens is 1. The lowest BCUT2D eigenvalue weighted by molar-refractivity contribution is 1.12. The van der Waals surface area contributed by atoms with Gasteiger partial charge in [0.2, 0.25) is 5.95 Å². The maximum absolute atomic E-state index is 5.52. The topological polar surface area (TPSA) is 63.8 Å². The molecule has 0 aromatic carbocycles. The summed E-state index contributed by atoms with van der Waals surface area (Å²) < 4.78 is 0. The van der Waals surface area contributed by atoms with Crippen LogP contribution < -0.4 is 11.1 Å². The third-order valence-electron chi connectivity index (χ3n) is 1.11. The van der Waals surface area contributed by atoms with Crippen LogP contribution in [-0.2, 0) is 0 Å². The minimum absolute atomic E-state index is 0.450. The normalized spacial score (nSPS) is 9.42. The molecule has 0 aliphatic rings. The predicted molar refractivity (Wildman–Crippen MR) is 49.9 cm³/mol. The second-order valence-electron chi connectivity index (χ2n) is 2.21. The van der Waals surface area contributed by atoms with Gasteiger partial charge in [0.05, 0.1) is 24.6 Å². The molecule has 0 aliphatic heterocycles. The number of hydrogen-bond acceptors (Lipinski definition) is 4. The lowest BCUT2D eigenvalue weighted by Crippen LogP contribution is -2.04. The zero-order valence-corrected chi connectivity index (χ0v) is 7.17. The molecule has 0 unspecified atom stereocenters. The van der Waals surface area contributed by atoms with Gasteiger partial charge in [-0.15, -0.1) is 0 Å². The van der Waals surface area contributed by atoms with Gasteiger partial charge in [0.25, 0.3) is 0 Å². The minimum Gasteiger partial charge on any atom is -0.396 e. The van der Waals surface area contributed by atoms with E-state index >= 15 is 0 Å². The maximum Gasteiger partial charge on any atom is 0.223 e. The average molecular weight is 185 g/mol. The van der Waals surface area contributed by atoms with Gasteiger partial charge in [-0.25, -0.2) is 9.97 Å². The van der Waals surface area contributed by atoms with Crippen molar-refractivity contribution in [1.82, 2.24) is 9.97 Å². The minimum atomic E-state index is 0.450. The Bertz CT molecular complexity index is 269. The summed E-state index contributed by atoms with van der Waals surface area (Å²) in [7, 11) is 0. The molecule has 0 fully saturated rings. The van der Waals surface area contributed by atoms with Gasteiger partial charge in [0.15, 0.2) is 0 Å². The standard InChI is InChI=1S/C7H9ClN4/c1-5(8)2-10-7-11-3-6(9)4-12-7/h3-4H,1-2,9H2,(H,10,11,12). The highest BCUT2D eigenvalue weighted by Crippen LogP contribution is 2.02. The van der Waals surface area contributed by atoms with Crippen molar-refractivity contribution in [1.29, 1.82) is 0 Å². The molecule has 0 bridgehead atoms. The Kier molecular flexibility index (Phi) is 2.88. The molecule has 12 heavy (non-hydrogen) atoms. The molecule has 0 atom stereocenters. The molecule has 1 aromatic heterocycles. The Morgan fingerprint density at radius 2 is 2.17 bits per heavy atom. The molecule has 0 saturated heterocycles. The second-order valence-corrected chi connectivity index (χ2v) is 2.75. The quantitative estimate of drug-likeness (QED) is 0.742. The molecule has 0 spiro atoms. The van der Waals surface area contributed by atoms with Gasteiger partial charge in [0, 0.05) is 5.03 Å². The van der Waals surface area contributed by atoms with E-state index in [0.717, 1.165) is 0 Å². The highest BCUT2D eigenvalue weighted by Gasteiger charge is 1.94. The number of nitrogens with two attached hydrogens (primary N) is 1. The molecule has 1 rings (SSSR count). The number of nitrogen functional groups attached to an aromatic ring is 1. The van der Waals surface area contributed by atoms with Crippen LogP contribution in [0.25, 0.3) is 0 Å². The summed E-state index contributed by atoms with van der Waals surface area (Å²) in [5.41, 5.74) is 5.92. The van der Waals surface area contributed by atoms with Crippen LogP contribution in [0.3, 0.4) is 0 Å². The molecule has 0 amide bonds. The molecule has 5 heteroatoms.